The lowest BCUT2D eigenvalue weighted by Crippen LogP contribution is -2.74. The summed E-state index contributed by atoms with van der Waals surface area (Å²) in [4.78, 5) is 10.1. The van der Waals surface area contributed by atoms with Crippen molar-refractivity contribution in [1.82, 2.24) is 9.97 Å². The third-order valence-electron chi connectivity index (χ3n) is 13.4. The highest BCUT2D eigenvalue weighted by Gasteiger charge is 2.45. The van der Waals surface area contributed by atoms with E-state index in [0.29, 0.717) is 0 Å². The van der Waals surface area contributed by atoms with E-state index in [1.807, 2.05) is 35.9 Å². The summed E-state index contributed by atoms with van der Waals surface area (Å²) in [6, 6.07) is 70.4. The van der Waals surface area contributed by atoms with Crippen molar-refractivity contribution < 1.29 is 8.83 Å². The average molecular weight is 883 g/mol. The lowest BCUT2D eigenvalue weighted by Gasteiger charge is -2.34. The second kappa shape index (κ2) is 14.2. The monoisotopic (exact) mass is 882 g/mol. The van der Waals surface area contributed by atoms with Crippen molar-refractivity contribution >= 4 is 136 Å². The van der Waals surface area contributed by atoms with Gasteiger partial charge in [0, 0.05) is 80.7 Å². The van der Waals surface area contributed by atoms with E-state index in [2.05, 4.69) is 182 Å². The molecular weight excluding hydrogens is 849 g/mol. The van der Waals surface area contributed by atoms with E-state index in [-0.39, 0.29) is 0 Å². The molecule has 0 atom stereocenters. The molecule has 65 heavy (non-hydrogen) atoms. The first kappa shape index (κ1) is 36.8. The number of hydrogen-bond acceptors (Lipinski definition) is 6. The Labute approximate surface area is 381 Å². The van der Waals surface area contributed by atoms with Gasteiger partial charge in [0.15, 0.2) is 13.7 Å². The number of hydrogen-bond donors (Lipinski definition) is 0. The number of fused-ring (bicyclic) bond motifs is 12. The standard InChI is InChI=1S/C58H34N2O2S2Si/c1-3-15-35(16-4-1)65(36-17-5-2-6-18-36,49-29-13-22-40-39-21-11-25-45(53(39)62-54(40)49)52-58-44(32-34-60-52)38-20-8-10-28-48(38)63-58)50-30-14-24-43-42-23-12-26-46(56(42)64-57(43)50)51-55-41(31-33-59-51)37-19-7-9-27-47(37)61-55/h1-34H. The van der Waals surface area contributed by atoms with Gasteiger partial charge in [-0.15, -0.1) is 22.7 Å². The zero-order valence-corrected chi connectivity index (χ0v) is 37.3. The summed E-state index contributed by atoms with van der Waals surface area (Å²) >= 11 is 3.66. The van der Waals surface area contributed by atoms with Crippen molar-refractivity contribution in [2.24, 2.45) is 0 Å². The number of rotatable bonds is 6. The van der Waals surface area contributed by atoms with Gasteiger partial charge in [0.1, 0.15) is 22.4 Å². The van der Waals surface area contributed by atoms with Gasteiger partial charge in [-0.25, -0.2) is 0 Å². The fourth-order valence-electron chi connectivity index (χ4n) is 10.6. The molecule has 14 rings (SSSR count). The molecule has 7 heteroatoms. The van der Waals surface area contributed by atoms with E-state index in [0.717, 1.165) is 66.4 Å². The number of furan rings is 2. The molecule has 0 radical (unpaired) electrons. The van der Waals surface area contributed by atoms with Gasteiger partial charge >= 0.3 is 0 Å². The summed E-state index contributed by atoms with van der Waals surface area (Å²) < 4.78 is 18.9. The van der Waals surface area contributed by atoms with Crippen molar-refractivity contribution in [3.63, 3.8) is 0 Å². The van der Waals surface area contributed by atoms with Crippen LogP contribution in [0.1, 0.15) is 0 Å². The molecule has 14 aromatic rings. The fourth-order valence-corrected chi connectivity index (χ4v) is 18.6. The Bertz CT molecular complexity index is 3930. The van der Waals surface area contributed by atoms with E-state index < -0.39 is 8.07 Å². The van der Waals surface area contributed by atoms with E-state index in [1.54, 1.807) is 11.3 Å². The molecule has 0 fully saturated rings. The van der Waals surface area contributed by atoms with Crippen molar-refractivity contribution in [2.45, 2.75) is 0 Å². The van der Waals surface area contributed by atoms with Crippen LogP contribution in [0.2, 0.25) is 0 Å². The van der Waals surface area contributed by atoms with Crippen LogP contribution >= 0.6 is 22.7 Å². The minimum Gasteiger partial charge on any atom is -0.455 e. The Balaban J connectivity index is 1.07. The van der Waals surface area contributed by atoms with Crippen LogP contribution in [0, 0.1) is 0 Å². The average Bonchev–Trinajstić information content (AvgIpc) is 4.16. The fraction of sp³-hybridized carbons (Fsp3) is 0. The quantitative estimate of drug-likeness (QED) is 0.123. The normalized spacial score (nSPS) is 12.3. The number of thiophene rings is 2. The van der Waals surface area contributed by atoms with E-state index in [1.165, 1.54) is 61.1 Å². The minimum absolute atomic E-state index is 0.811. The predicted octanol–water partition coefficient (Wildman–Crippen LogP) is 13.7. The van der Waals surface area contributed by atoms with Crippen LogP contribution in [-0.4, -0.2) is 18.0 Å². The lowest BCUT2D eigenvalue weighted by molar-refractivity contribution is 0.668. The smallest absolute Gasteiger partial charge is 0.185 e. The summed E-state index contributed by atoms with van der Waals surface area (Å²) in [5.41, 5.74) is 7.32. The summed E-state index contributed by atoms with van der Waals surface area (Å²) in [7, 11) is -3.21. The highest BCUT2D eigenvalue weighted by atomic mass is 32.1. The van der Waals surface area contributed by atoms with Crippen molar-refractivity contribution in [3.05, 3.63) is 207 Å². The molecule has 0 N–H and O–H groups in total. The molecule has 4 nitrogen and oxygen atoms in total. The van der Waals surface area contributed by atoms with Gasteiger partial charge < -0.3 is 8.83 Å². The Hall–Kier alpha value is -7.68. The molecule has 0 aliphatic heterocycles. The highest BCUT2D eigenvalue weighted by Crippen LogP contribution is 2.45. The number of benzene rings is 8. The van der Waals surface area contributed by atoms with Crippen LogP contribution in [0.4, 0.5) is 0 Å². The second-order valence-corrected chi connectivity index (χ2v) is 22.5. The molecule has 0 spiro atoms. The topological polar surface area (TPSA) is 52.1 Å². The second-order valence-electron chi connectivity index (χ2n) is 16.7. The van der Waals surface area contributed by atoms with Gasteiger partial charge in [-0.2, -0.15) is 0 Å². The maximum Gasteiger partial charge on any atom is 0.185 e. The molecule has 304 valence electrons. The first-order chi connectivity index (χ1) is 32.3. The van der Waals surface area contributed by atoms with Gasteiger partial charge in [0.05, 0.1) is 10.4 Å². The lowest BCUT2D eigenvalue weighted by atomic mass is 10.0. The van der Waals surface area contributed by atoms with Crippen molar-refractivity contribution in [2.75, 3.05) is 0 Å². The number of para-hydroxylation sites is 3. The molecule has 6 heterocycles. The first-order valence-corrected chi connectivity index (χ1v) is 25.4. The first-order valence-electron chi connectivity index (χ1n) is 21.8. The Morgan fingerprint density at radius 1 is 0.338 bits per heavy atom. The molecule has 0 saturated carbocycles. The van der Waals surface area contributed by atoms with Crippen LogP contribution < -0.4 is 20.7 Å². The molecule has 0 aliphatic carbocycles. The largest absolute Gasteiger partial charge is 0.455 e. The maximum absolute atomic E-state index is 7.46. The third kappa shape index (κ3) is 5.23. The van der Waals surface area contributed by atoms with Gasteiger partial charge in [-0.1, -0.05) is 164 Å². The number of nitrogens with zero attached hydrogens (tertiary/aromatic N) is 2. The maximum atomic E-state index is 7.46. The van der Waals surface area contributed by atoms with Crippen LogP contribution in [0.25, 0.3) is 107 Å². The van der Waals surface area contributed by atoms with Crippen molar-refractivity contribution in [3.8, 4) is 22.5 Å². The molecule has 8 aromatic carbocycles. The molecule has 6 aromatic heterocycles. The minimum atomic E-state index is -3.21. The molecule has 0 aliphatic rings. The molecule has 0 saturated heterocycles. The highest BCUT2D eigenvalue weighted by molar-refractivity contribution is 7.31. The Kier molecular flexibility index (Phi) is 8.01. The summed E-state index contributed by atoms with van der Waals surface area (Å²) in [6.45, 7) is 0. The summed E-state index contributed by atoms with van der Waals surface area (Å²) in [6.07, 6.45) is 3.86. The third-order valence-corrected chi connectivity index (χ3v) is 20.9. The zero-order valence-electron chi connectivity index (χ0n) is 34.7. The molecule has 0 unspecified atom stereocenters. The van der Waals surface area contributed by atoms with Gasteiger partial charge in [0.2, 0.25) is 0 Å². The van der Waals surface area contributed by atoms with E-state index >= 15 is 0 Å². The van der Waals surface area contributed by atoms with Crippen LogP contribution in [0.15, 0.2) is 215 Å². The van der Waals surface area contributed by atoms with E-state index in [9.17, 15) is 0 Å². The Morgan fingerprint density at radius 3 is 1.68 bits per heavy atom. The summed E-state index contributed by atoms with van der Waals surface area (Å²) in [5, 5.41) is 14.4. The van der Waals surface area contributed by atoms with Gasteiger partial charge in [0.25, 0.3) is 0 Å². The number of aromatic nitrogens is 2. The van der Waals surface area contributed by atoms with Crippen LogP contribution in [0.3, 0.4) is 0 Å². The van der Waals surface area contributed by atoms with E-state index in [4.69, 9.17) is 18.8 Å². The predicted molar refractivity (Wildman–Crippen MR) is 277 cm³/mol. The Morgan fingerprint density at radius 2 is 0.892 bits per heavy atom. The van der Waals surface area contributed by atoms with Gasteiger partial charge in [-0.05, 0) is 51.1 Å². The molecule has 0 amide bonds. The van der Waals surface area contributed by atoms with Crippen LogP contribution in [-0.2, 0) is 0 Å². The zero-order chi connectivity index (χ0) is 42.6. The number of pyridine rings is 2. The SMILES string of the molecule is c1ccc([Si](c2ccccc2)(c2cccc3c2oc2c(-c4nccc5c4sc4ccccc45)cccc23)c2cccc3c2sc2c(-c4nccc5c4oc4ccccc45)cccc23)cc1. The summed E-state index contributed by atoms with van der Waals surface area (Å²) in [5.74, 6) is 0. The van der Waals surface area contributed by atoms with Crippen LogP contribution in [0.5, 0.6) is 0 Å². The van der Waals surface area contributed by atoms with Crippen molar-refractivity contribution in [1.29, 1.82) is 0 Å². The molecule has 0 bridgehead atoms. The molecular formula is C58H34N2O2S2Si. The van der Waals surface area contributed by atoms with Gasteiger partial charge in [-0.3, -0.25) is 9.97 Å².